The van der Waals surface area contributed by atoms with Gasteiger partial charge < -0.3 is 0 Å². The Labute approximate surface area is 803 Å². The Kier molecular flexibility index (Phi) is 137. The number of fused-ring (bicyclic) bond motifs is 6. The summed E-state index contributed by atoms with van der Waals surface area (Å²) in [6.07, 6.45) is 59.7. The second-order valence-corrected chi connectivity index (χ2v) is 20.3. The van der Waals surface area contributed by atoms with E-state index in [-0.39, 0.29) is 22.3 Å². The molecule has 12 heterocycles. The molecule has 720 valence electrons. The van der Waals surface area contributed by atoms with Crippen LogP contribution in [0, 0.1) is 0 Å². The van der Waals surface area contributed by atoms with E-state index in [1.807, 2.05) is 371 Å². The third kappa shape index (κ3) is 84.5. The molecule has 0 saturated carbocycles. The van der Waals surface area contributed by atoms with E-state index < -0.39 is 0 Å². The van der Waals surface area contributed by atoms with Crippen LogP contribution in [-0.4, -0.2) is 95.7 Å². The lowest BCUT2D eigenvalue weighted by Gasteiger charge is -1.93. The minimum absolute atomic E-state index is 0. The molecule has 0 unspecified atom stereocenters. The monoisotopic (exact) mass is 1800 g/mol. The first-order chi connectivity index (χ1) is 64.3. The Morgan fingerprint density at radius 1 is 0.288 bits per heavy atom. The summed E-state index contributed by atoms with van der Waals surface area (Å²) in [5, 5.41) is 27.8. The summed E-state index contributed by atoms with van der Waals surface area (Å²) in [6.45, 7) is 58.5. The zero-order chi connectivity index (χ0) is 97.9. The number of para-hydroxylation sites is 3. The Bertz CT molecular complexity index is 3860. The Balaban J connectivity index is -0.000000130. The molecule has 132 heavy (non-hydrogen) atoms. The molecular weight excluding hydrogens is 1620 g/mol. The molecule has 20 rings (SSSR count). The van der Waals surface area contributed by atoms with Crippen LogP contribution in [0.15, 0.2) is 392 Å². The van der Waals surface area contributed by atoms with Crippen molar-refractivity contribution in [3.05, 3.63) is 394 Å². The van der Waals surface area contributed by atoms with Gasteiger partial charge in [0.1, 0.15) is 6.33 Å². The average Bonchev–Trinajstić information content (AvgIpc) is 1.78. The minimum atomic E-state index is 0. The van der Waals surface area contributed by atoms with Gasteiger partial charge >= 0.3 is 0 Å². The first-order valence-electron chi connectivity index (χ1n) is 46.2. The van der Waals surface area contributed by atoms with Crippen LogP contribution in [0.5, 0.6) is 0 Å². The standard InChI is InChI=1S/2C9H7N.C9H8.C8H6N2.C8H7N.C7H6N2.C5H5N.C5H6.3C4H4N2.2C4H5N.C2H3N3.14C2H6.3CH4/c1-2-6-9-8(4-1)5-3-7-10-9;1-2-4-9-7-10-6-5-8(9)3-1;1-2-5-9-7-3-6-8(9)4-1;1-2-4-8-7(3-1)9-5-6-10-8;1-2-4-8-6-9-5-7(8)3-1;1-2-4-7-6(3-1)5-8-9-7;1-2-4-6-5-3-1;1-2-4-5-3-1;1-2-6-4-3-5-1;1-2-5-4-6-3-1;1-2-4-6-5-3-1;3*1-2-4-5-3-1;14*1-2;;;/h2*1-7H;1-6H,7H2;1-6H;1-5H,6H2;1-4H,5H2;1-5H;1-4H,5H2;3*1-4H;1,3-4H,2H2;1-3H,4H2;1-2H,(H,3,4,5);14*1-2H3;3*1H4. The molecule has 0 atom stereocenters. The first-order valence-corrected chi connectivity index (χ1v) is 46.2. The topological polar surface area (TPSA) is 245 Å². The highest BCUT2D eigenvalue weighted by atomic mass is 15.3. The zero-order valence-corrected chi connectivity index (χ0v) is 83.7. The Morgan fingerprint density at radius 3 is 1.11 bits per heavy atom. The summed E-state index contributed by atoms with van der Waals surface area (Å²) < 4.78 is 0. The number of aromatic nitrogens is 14. The molecule has 2 aliphatic carbocycles. The third-order valence-corrected chi connectivity index (χ3v) is 13.2. The zero-order valence-electron chi connectivity index (χ0n) is 83.7. The summed E-state index contributed by atoms with van der Waals surface area (Å²) >= 11 is 0. The number of benzene rings is 6. The summed E-state index contributed by atoms with van der Waals surface area (Å²) in [7, 11) is 0. The predicted molar refractivity (Wildman–Crippen MR) is 588 cm³/mol. The highest BCUT2D eigenvalue weighted by Crippen LogP contribution is 2.25. The predicted octanol–water partition coefficient (Wildman–Crippen LogP) is 34.0. The number of hydrogen-bond acceptors (Lipinski definition) is 18. The fourth-order valence-corrected chi connectivity index (χ4v) is 8.37. The van der Waals surface area contributed by atoms with E-state index in [0.29, 0.717) is 0 Å². The van der Waals surface area contributed by atoms with E-state index in [1.54, 1.807) is 105 Å². The van der Waals surface area contributed by atoms with E-state index in [2.05, 4.69) is 199 Å². The van der Waals surface area contributed by atoms with Crippen molar-refractivity contribution in [1.29, 1.82) is 0 Å². The van der Waals surface area contributed by atoms with Crippen molar-refractivity contribution in [2.45, 2.75) is 248 Å². The largest absolute Gasteiger partial charge is 0.289 e. The van der Waals surface area contributed by atoms with Gasteiger partial charge in [-0.15, -0.1) is 0 Å². The molecule has 0 bridgehead atoms. The number of nitrogens with zero attached hydrogens (tertiary/aromatic N) is 18. The maximum Gasteiger partial charge on any atom is 0.115 e. The fraction of sp³-hybridized carbons (Fsp3) is 0.327. The third-order valence-electron chi connectivity index (χ3n) is 13.2. The number of pyridine rings is 3. The number of allylic oxidation sites excluding steroid dienone is 7. The number of azo groups is 1. The Morgan fingerprint density at radius 2 is 0.742 bits per heavy atom. The fourth-order valence-electron chi connectivity index (χ4n) is 8.37. The molecule has 4 aliphatic heterocycles. The first kappa shape index (κ1) is 141. The molecular formula is C113H173N19. The Hall–Kier alpha value is -13.7. The number of aromatic amines is 1. The lowest BCUT2D eigenvalue weighted by Crippen LogP contribution is -1.79. The van der Waals surface area contributed by atoms with Gasteiger partial charge in [0.2, 0.25) is 0 Å². The van der Waals surface area contributed by atoms with Crippen LogP contribution in [0.3, 0.4) is 0 Å². The molecule has 1 N–H and O–H groups in total. The van der Waals surface area contributed by atoms with Crippen molar-refractivity contribution < 1.29 is 0 Å². The maximum atomic E-state index is 4.18. The molecule has 8 aromatic heterocycles. The van der Waals surface area contributed by atoms with Gasteiger partial charge in [0.15, 0.2) is 0 Å². The normalized spacial score (nSPS) is 9.48. The number of rotatable bonds is 0. The molecule has 6 aliphatic rings. The average molecular weight is 1800 g/mol. The van der Waals surface area contributed by atoms with Gasteiger partial charge in [-0.3, -0.25) is 49.9 Å². The number of aliphatic imine (C=N–C) groups is 3. The van der Waals surface area contributed by atoms with Gasteiger partial charge in [-0.1, -0.05) is 398 Å². The lowest BCUT2D eigenvalue weighted by molar-refractivity contribution is 0.940. The highest BCUT2D eigenvalue weighted by molar-refractivity contribution is 5.84. The number of nitrogens with one attached hydrogen (secondary N) is 1. The molecule has 0 spiro atoms. The smallest absolute Gasteiger partial charge is 0.115 e. The van der Waals surface area contributed by atoms with Gasteiger partial charge in [-0.25, -0.2) is 9.97 Å². The molecule has 0 saturated heterocycles. The van der Waals surface area contributed by atoms with E-state index in [9.17, 15) is 0 Å². The molecule has 0 amide bonds. The maximum absolute atomic E-state index is 4.18. The number of hydrogen-bond donors (Lipinski definition) is 1. The summed E-state index contributed by atoms with van der Waals surface area (Å²) in [5.74, 6) is 0. The van der Waals surface area contributed by atoms with E-state index in [4.69, 9.17) is 0 Å². The second-order valence-electron chi connectivity index (χ2n) is 20.3. The highest BCUT2D eigenvalue weighted by Gasteiger charge is 2.04. The lowest BCUT2D eigenvalue weighted by atomic mass is 10.1. The summed E-state index contributed by atoms with van der Waals surface area (Å²) in [4.78, 5) is 46.8. The van der Waals surface area contributed by atoms with Gasteiger partial charge in [-0.05, 0) is 119 Å². The van der Waals surface area contributed by atoms with Crippen LogP contribution in [0.1, 0.15) is 257 Å². The molecule has 14 aromatic rings. The van der Waals surface area contributed by atoms with E-state index >= 15 is 0 Å². The minimum Gasteiger partial charge on any atom is -0.289 e. The van der Waals surface area contributed by atoms with Crippen LogP contribution in [0.4, 0.5) is 5.69 Å². The molecule has 0 fully saturated rings. The van der Waals surface area contributed by atoms with Crippen LogP contribution in [-0.2, 0) is 19.5 Å². The molecule has 6 aromatic carbocycles. The summed E-state index contributed by atoms with van der Waals surface area (Å²) in [6, 6.07) is 66.0. The van der Waals surface area contributed by atoms with Gasteiger partial charge in [0.05, 0.1) is 54.3 Å². The summed E-state index contributed by atoms with van der Waals surface area (Å²) in [5.41, 5.74) is 10.7. The van der Waals surface area contributed by atoms with Gasteiger partial charge in [0, 0.05) is 135 Å². The van der Waals surface area contributed by atoms with Crippen molar-refractivity contribution in [2.75, 3.05) is 6.54 Å². The SMILES string of the molecule is C.C.C.C1=CCC=C1.C1=CCN=C1.C1=CN=CC1.C1=Cc2ccccc2C1.C1=NCc2ccccc21.CC.CC.CC.CC.CC.CC.CC.CC.CC.CC.CC.CC.CC.CC.c1ccc2c(c1)CN=N2.c1ccc2cnccc2c1.c1ccc2ncccc2c1.c1ccc2nccnc2c1.c1ccncc1.c1ccnnc1.c1cn[nH]n1.c1cnccn1.c1cncnc1. The van der Waals surface area contributed by atoms with E-state index in [1.165, 1.54) is 50.3 Å². The van der Waals surface area contributed by atoms with Crippen molar-refractivity contribution in [1.82, 2.24) is 70.5 Å². The van der Waals surface area contributed by atoms with Crippen LogP contribution >= 0.6 is 0 Å². The van der Waals surface area contributed by atoms with Gasteiger partial charge in [-0.2, -0.15) is 35.8 Å². The second kappa shape index (κ2) is 128. The van der Waals surface area contributed by atoms with Crippen LogP contribution < -0.4 is 0 Å². The molecule has 0 radical (unpaired) electrons. The number of H-pyrrole nitrogens is 1. The van der Waals surface area contributed by atoms with Crippen molar-refractivity contribution >= 4 is 63.1 Å². The van der Waals surface area contributed by atoms with Crippen molar-refractivity contribution in [3.8, 4) is 0 Å². The van der Waals surface area contributed by atoms with E-state index in [0.717, 1.165) is 61.1 Å². The van der Waals surface area contributed by atoms with Crippen LogP contribution in [0.25, 0.3) is 38.8 Å². The van der Waals surface area contributed by atoms with Crippen molar-refractivity contribution in [3.63, 3.8) is 0 Å². The quantitative estimate of drug-likeness (QED) is 0.149. The van der Waals surface area contributed by atoms with Crippen LogP contribution in [0.2, 0.25) is 0 Å². The molecule has 19 nitrogen and oxygen atoms in total. The van der Waals surface area contributed by atoms with Crippen molar-refractivity contribution in [2.24, 2.45) is 25.2 Å². The van der Waals surface area contributed by atoms with Gasteiger partial charge in [0.25, 0.3) is 0 Å². The molecule has 19 heteroatoms.